The van der Waals surface area contributed by atoms with Gasteiger partial charge in [0, 0.05) is 13.6 Å². The maximum absolute atomic E-state index is 11.7. The second-order valence-corrected chi connectivity index (χ2v) is 4.84. The first-order valence-corrected chi connectivity index (χ1v) is 6.57. The molecule has 0 heterocycles. The molecule has 0 aliphatic rings. The molecule has 20 heavy (non-hydrogen) atoms. The van der Waals surface area contributed by atoms with Gasteiger partial charge in [0.15, 0.2) is 11.5 Å². The van der Waals surface area contributed by atoms with E-state index in [1.165, 1.54) is 0 Å². The molecular weight excluding hydrogens is 256 g/mol. The number of ether oxygens (including phenoxy) is 2. The van der Waals surface area contributed by atoms with Gasteiger partial charge in [-0.3, -0.25) is 9.69 Å². The van der Waals surface area contributed by atoms with E-state index in [1.54, 1.807) is 21.3 Å². The zero-order valence-electron chi connectivity index (χ0n) is 13.1. The number of carbonyl (C=O) groups is 1. The van der Waals surface area contributed by atoms with Gasteiger partial charge < -0.3 is 14.8 Å². The minimum Gasteiger partial charge on any atom is -0.493 e. The lowest BCUT2D eigenvalue weighted by Gasteiger charge is -2.24. The summed E-state index contributed by atoms with van der Waals surface area (Å²) in [4.78, 5) is 13.6. The van der Waals surface area contributed by atoms with Gasteiger partial charge in [-0.1, -0.05) is 0 Å². The predicted octanol–water partition coefficient (Wildman–Crippen LogP) is 1.58. The fraction of sp³-hybridized carbons (Fsp3) is 0.533. The third-order valence-corrected chi connectivity index (χ3v) is 3.55. The zero-order chi connectivity index (χ0) is 15.3. The van der Waals surface area contributed by atoms with Crippen LogP contribution in [0.25, 0.3) is 0 Å². The molecule has 5 heteroatoms. The van der Waals surface area contributed by atoms with E-state index >= 15 is 0 Å². The summed E-state index contributed by atoms with van der Waals surface area (Å²) in [6.45, 7) is 4.57. The average Bonchev–Trinajstić information content (AvgIpc) is 2.46. The first-order chi connectivity index (χ1) is 9.44. The Kier molecular flexibility index (Phi) is 5.82. The monoisotopic (exact) mass is 280 g/mol. The number of benzene rings is 1. The number of amides is 1. The van der Waals surface area contributed by atoms with Gasteiger partial charge in [-0.2, -0.15) is 0 Å². The molecule has 5 nitrogen and oxygen atoms in total. The lowest BCUT2D eigenvalue weighted by Crippen LogP contribution is -2.41. The number of nitrogens with one attached hydrogen (secondary N) is 1. The van der Waals surface area contributed by atoms with Gasteiger partial charge in [-0.05, 0) is 44.2 Å². The second kappa shape index (κ2) is 7.14. The second-order valence-electron chi connectivity index (χ2n) is 4.84. The number of nitrogens with zero attached hydrogens (tertiary/aromatic N) is 1. The number of aryl methyl sites for hydroxylation is 1. The highest BCUT2D eigenvalue weighted by Gasteiger charge is 2.18. The van der Waals surface area contributed by atoms with Crippen molar-refractivity contribution in [3.05, 3.63) is 23.3 Å². The van der Waals surface area contributed by atoms with Crippen molar-refractivity contribution in [2.75, 3.05) is 28.3 Å². The normalized spacial score (nSPS) is 12.2. The molecule has 1 atom stereocenters. The molecule has 0 aliphatic carbocycles. The van der Waals surface area contributed by atoms with Crippen LogP contribution in [0.1, 0.15) is 18.1 Å². The van der Waals surface area contributed by atoms with Crippen molar-refractivity contribution < 1.29 is 14.3 Å². The fourth-order valence-corrected chi connectivity index (χ4v) is 2.01. The van der Waals surface area contributed by atoms with Crippen molar-refractivity contribution in [3.8, 4) is 11.5 Å². The molecule has 0 saturated heterocycles. The van der Waals surface area contributed by atoms with Gasteiger partial charge in [-0.15, -0.1) is 0 Å². The standard InChI is InChI=1S/C15H24N2O3/c1-10-7-13(19-5)14(20-6)8-12(10)9-17(4)11(2)15(18)16-3/h7-8,11H,9H2,1-6H3,(H,16,18)/t11-/m0/s1. The Hall–Kier alpha value is -1.75. The molecule has 1 N–H and O–H groups in total. The molecule has 0 saturated carbocycles. The molecule has 0 bridgehead atoms. The summed E-state index contributed by atoms with van der Waals surface area (Å²) in [5.74, 6) is 1.43. The van der Waals surface area contributed by atoms with E-state index in [2.05, 4.69) is 5.32 Å². The highest BCUT2D eigenvalue weighted by atomic mass is 16.5. The highest BCUT2D eigenvalue weighted by Crippen LogP contribution is 2.30. The van der Waals surface area contributed by atoms with Crippen molar-refractivity contribution in [2.45, 2.75) is 26.4 Å². The van der Waals surface area contributed by atoms with Gasteiger partial charge >= 0.3 is 0 Å². The molecule has 0 spiro atoms. The van der Waals surface area contributed by atoms with Gasteiger partial charge in [-0.25, -0.2) is 0 Å². The summed E-state index contributed by atoms with van der Waals surface area (Å²) in [5.41, 5.74) is 2.22. The molecular formula is C15H24N2O3. The summed E-state index contributed by atoms with van der Waals surface area (Å²) in [7, 11) is 6.81. The number of carbonyl (C=O) groups excluding carboxylic acids is 1. The molecule has 0 aliphatic heterocycles. The summed E-state index contributed by atoms with van der Waals surface area (Å²) >= 11 is 0. The van der Waals surface area contributed by atoms with Crippen LogP contribution < -0.4 is 14.8 Å². The molecule has 1 amide bonds. The zero-order valence-corrected chi connectivity index (χ0v) is 13.1. The van der Waals surface area contributed by atoms with Crippen molar-refractivity contribution in [1.29, 1.82) is 0 Å². The predicted molar refractivity (Wildman–Crippen MR) is 79.3 cm³/mol. The summed E-state index contributed by atoms with van der Waals surface area (Å²) in [6.07, 6.45) is 0. The third kappa shape index (κ3) is 3.63. The number of hydrogen-bond acceptors (Lipinski definition) is 4. The quantitative estimate of drug-likeness (QED) is 0.859. The number of rotatable bonds is 6. The smallest absolute Gasteiger partial charge is 0.236 e. The van der Waals surface area contributed by atoms with Crippen molar-refractivity contribution >= 4 is 5.91 Å². The molecule has 0 radical (unpaired) electrons. The Morgan fingerprint density at radius 2 is 1.85 bits per heavy atom. The van der Waals surface area contributed by atoms with E-state index in [9.17, 15) is 4.79 Å². The van der Waals surface area contributed by atoms with Gasteiger partial charge in [0.2, 0.25) is 5.91 Å². The van der Waals surface area contributed by atoms with Crippen LogP contribution in [0.4, 0.5) is 0 Å². The van der Waals surface area contributed by atoms with Crippen LogP contribution in [0.2, 0.25) is 0 Å². The van der Waals surface area contributed by atoms with Crippen LogP contribution in [0.3, 0.4) is 0 Å². The van der Waals surface area contributed by atoms with Crippen molar-refractivity contribution in [3.63, 3.8) is 0 Å². The molecule has 1 aromatic carbocycles. The van der Waals surface area contributed by atoms with Gasteiger partial charge in [0.05, 0.1) is 20.3 Å². The van der Waals surface area contributed by atoms with Crippen LogP contribution >= 0.6 is 0 Å². The van der Waals surface area contributed by atoms with Gasteiger partial charge in [0.1, 0.15) is 0 Å². The van der Waals surface area contributed by atoms with Crippen molar-refractivity contribution in [2.24, 2.45) is 0 Å². The first-order valence-electron chi connectivity index (χ1n) is 6.57. The van der Waals surface area contributed by atoms with E-state index in [0.29, 0.717) is 12.3 Å². The summed E-state index contributed by atoms with van der Waals surface area (Å²) in [6, 6.07) is 3.72. The van der Waals surface area contributed by atoms with Crippen LogP contribution in [0, 0.1) is 6.92 Å². The van der Waals surface area contributed by atoms with E-state index in [0.717, 1.165) is 16.9 Å². The third-order valence-electron chi connectivity index (χ3n) is 3.55. The van der Waals surface area contributed by atoms with Crippen molar-refractivity contribution in [1.82, 2.24) is 10.2 Å². The minimum atomic E-state index is -0.188. The SMILES string of the molecule is CNC(=O)[C@H](C)N(C)Cc1cc(OC)c(OC)cc1C. The number of hydrogen-bond donors (Lipinski definition) is 1. The molecule has 0 fully saturated rings. The first kappa shape index (κ1) is 16.3. The molecule has 0 aromatic heterocycles. The Morgan fingerprint density at radius 3 is 2.35 bits per heavy atom. The number of likely N-dealkylation sites (N-methyl/N-ethyl adjacent to an activating group) is 2. The maximum Gasteiger partial charge on any atom is 0.236 e. The van der Waals surface area contributed by atoms with E-state index in [4.69, 9.17) is 9.47 Å². The van der Waals surface area contributed by atoms with Crippen LogP contribution in [-0.4, -0.2) is 45.2 Å². The highest BCUT2D eigenvalue weighted by molar-refractivity contribution is 5.80. The Balaban J connectivity index is 2.95. The Labute approximate surface area is 120 Å². The van der Waals surface area contributed by atoms with Crippen LogP contribution in [0.15, 0.2) is 12.1 Å². The lowest BCUT2D eigenvalue weighted by molar-refractivity contribution is -0.125. The van der Waals surface area contributed by atoms with Crippen LogP contribution in [-0.2, 0) is 11.3 Å². The average molecular weight is 280 g/mol. The summed E-state index contributed by atoms with van der Waals surface area (Å²) in [5, 5.41) is 2.66. The minimum absolute atomic E-state index is 0.00521. The fourth-order valence-electron chi connectivity index (χ4n) is 2.01. The molecule has 0 unspecified atom stereocenters. The molecule has 1 aromatic rings. The molecule has 112 valence electrons. The molecule has 1 rings (SSSR count). The van der Waals surface area contributed by atoms with E-state index < -0.39 is 0 Å². The largest absolute Gasteiger partial charge is 0.493 e. The van der Waals surface area contributed by atoms with Crippen LogP contribution in [0.5, 0.6) is 11.5 Å². The Morgan fingerprint density at radius 1 is 1.30 bits per heavy atom. The van der Waals surface area contributed by atoms with E-state index in [-0.39, 0.29) is 11.9 Å². The lowest BCUT2D eigenvalue weighted by atomic mass is 10.1. The number of methoxy groups -OCH3 is 2. The van der Waals surface area contributed by atoms with Gasteiger partial charge in [0.25, 0.3) is 0 Å². The summed E-state index contributed by atoms with van der Waals surface area (Å²) < 4.78 is 10.6. The topological polar surface area (TPSA) is 50.8 Å². The maximum atomic E-state index is 11.7. The van der Waals surface area contributed by atoms with E-state index in [1.807, 2.05) is 37.9 Å². The Bertz CT molecular complexity index is 474.